The van der Waals surface area contributed by atoms with Gasteiger partial charge in [-0.05, 0) is 53.9 Å². The SMILES string of the molecule is Cc1cc2c(cc1C(F)(F)F)NC(=O)CC(c1cccc(-c3cccnc3)c1)=N2.O=c1cccccn1. The Morgan fingerprint density at radius 3 is 2.38 bits per heavy atom. The minimum atomic E-state index is -4.50. The van der Waals surface area contributed by atoms with Crippen LogP contribution in [0.15, 0.2) is 101 Å². The smallest absolute Gasteiger partial charge is 0.324 e. The van der Waals surface area contributed by atoms with Crippen LogP contribution in [0.3, 0.4) is 0 Å². The minimum absolute atomic E-state index is 0.0361. The molecule has 37 heavy (non-hydrogen) atoms. The van der Waals surface area contributed by atoms with Gasteiger partial charge in [-0.25, -0.2) is 4.98 Å². The van der Waals surface area contributed by atoms with Crippen LogP contribution in [0.1, 0.15) is 23.1 Å². The molecule has 0 radical (unpaired) electrons. The molecule has 186 valence electrons. The molecule has 0 fully saturated rings. The first kappa shape index (κ1) is 25.4. The maximum absolute atomic E-state index is 13.2. The summed E-state index contributed by atoms with van der Waals surface area (Å²) in [5.74, 6) is -0.411. The van der Waals surface area contributed by atoms with Gasteiger partial charge in [-0.15, -0.1) is 0 Å². The summed E-state index contributed by atoms with van der Waals surface area (Å²) in [5.41, 5.74) is 2.49. The van der Waals surface area contributed by atoms with E-state index in [2.05, 4.69) is 20.3 Å². The predicted molar refractivity (Wildman–Crippen MR) is 136 cm³/mol. The third-order valence-electron chi connectivity index (χ3n) is 5.45. The van der Waals surface area contributed by atoms with Crippen molar-refractivity contribution in [3.8, 4) is 11.1 Å². The summed E-state index contributed by atoms with van der Waals surface area (Å²) in [5, 5.41) is 2.54. The number of aromatic nitrogens is 2. The third-order valence-corrected chi connectivity index (χ3v) is 5.45. The molecule has 5 rings (SSSR count). The molecular formula is C28H21F3N4O2. The van der Waals surface area contributed by atoms with Crippen molar-refractivity contribution in [3.63, 3.8) is 0 Å². The maximum Gasteiger partial charge on any atom is 0.416 e. The fourth-order valence-electron chi connectivity index (χ4n) is 3.71. The summed E-state index contributed by atoms with van der Waals surface area (Å²) in [6.45, 7) is 1.38. The van der Waals surface area contributed by atoms with Gasteiger partial charge in [0, 0.05) is 30.2 Å². The number of carbonyl (C=O) groups is 1. The Labute approximate surface area is 210 Å². The van der Waals surface area contributed by atoms with Crippen molar-refractivity contribution >= 4 is 23.0 Å². The average molecular weight is 502 g/mol. The van der Waals surface area contributed by atoms with Crippen LogP contribution in [-0.4, -0.2) is 21.6 Å². The van der Waals surface area contributed by atoms with E-state index in [1.165, 1.54) is 25.3 Å². The number of rotatable bonds is 2. The zero-order valence-electron chi connectivity index (χ0n) is 19.7. The second kappa shape index (κ2) is 10.9. The lowest BCUT2D eigenvalue weighted by atomic mass is 10.0. The average Bonchev–Trinajstić information content (AvgIpc) is 3.21. The number of anilines is 1. The normalized spacial score (nSPS) is 12.8. The summed E-state index contributed by atoms with van der Waals surface area (Å²) in [7, 11) is 0. The molecule has 0 saturated heterocycles. The molecule has 1 amide bonds. The first-order chi connectivity index (χ1) is 17.7. The first-order valence-corrected chi connectivity index (χ1v) is 11.2. The Hall–Kier alpha value is -4.66. The van der Waals surface area contributed by atoms with Gasteiger partial charge < -0.3 is 5.32 Å². The number of pyridine rings is 1. The Morgan fingerprint density at radius 2 is 1.62 bits per heavy atom. The molecule has 3 heterocycles. The van der Waals surface area contributed by atoms with E-state index in [-0.39, 0.29) is 23.2 Å². The fraction of sp³-hybridized carbons (Fsp3) is 0.107. The maximum atomic E-state index is 13.2. The number of benzene rings is 2. The van der Waals surface area contributed by atoms with E-state index >= 15 is 0 Å². The molecule has 0 aliphatic carbocycles. The molecule has 1 aliphatic heterocycles. The zero-order chi connectivity index (χ0) is 26.4. The van der Waals surface area contributed by atoms with Crippen LogP contribution in [-0.2, 0) is 11.0 Å². The molecule has 2 aromatic carbocycles. The number of amides is 1. The standard InChI is InChI=1S/C22H16F3N3O.C6H5NO/c1-13-8-19-20(10-17(13)22(23,24)25)28-21(29)11-18(27-19)15-5-2-4-14(9-15)16-6-3-7-26-12-16;8-6-4-2-1-3-5-7-6/h2-10,12H,11H2,1H3,(H,28,29);1-5H. The predicted octanol–water partition coefficient (Wildman–Crippen LogP) is 5.98. The Morgan fingerprint density at radius 1 is 0.838 bits per heavy atom. The number of fused-ring (bicyclic) bond motifs is 1. The second-order valence-electron chi connectivity index (χ2n) is 8.15. The zero-order valence-corrected chi connectivity index (χ0v) is 19.7. The number of halogens is 3. The van der Waals surface area contributed by atoms with Crippen LogP contribution in [0.5, 0.6) is 0 Å². The highest BCUT2D eigenvalue weighted by Crippen LogP contribution is 2.39. The van der Waals surface area contributed by atoms with Gasteiger partial charge in [0.05, 0.1) is 29.1 Å². The molecule has 4 aromatic rings. The number of aryl methyl sites for hydroxylation is 1. The summed E-state index contributed by atoms with van der Waals surface area (Å²) in [6, 6.07) is 20.1. The molecule has 0 spiro atoms. The molecule has 2 aromatic heterocycles. The van der Waals surface area contributed by atoms with Crippen molar-refractivity contribution in [2.45, 2.75) is 19.5 Å². The van der Waals surface area contributed by atoms with E-state index in [9.17, 15) is 22.8 Å². The topological polar surface area (TPSA) is 84.3 Å². The minimum Gasteiger partial charge on any atom is -0.324 e. The summed E-state index contributed by atoms with van der Waals surface area (Å²) in [4.78, 5) is 34.8. The van der Waals surface area contributed by atoms with E-state index in [4.69, 9.17) is 0 Å². The van der Waals surface area contributed by atoms with E-state index in [1.54, 1.807) is 30.6 Å². The molecule has 9 heteroatoms. The van der Waals surface area contributed by atoms with Crippen molar-refractivity contribution in [1.29, 1.82) is 0 Å². The van der Waals surface area contributed by atoms with Crippen molar-refractivity contribution in [1.82, 2.24) is 9.97 Å². The lowest BCUT2D eigenvalue weighted by molar-refractivity contribution is -0.138. The molecule has 1 N–H and O–H groups in total. The van der Waals surface area contributed by atoms with Gasteiger partial charge in [-0.2, -0.15) is 13.2 Å². The fourth-order valence-corrected chi connectivity index (χ4v) is 3.71. The molecule has 0 unspecified atom stereocenters. The number of hydrogen-bond donors (Lipinski definition) is 1. The summed E-state index contributed by atoms with van der Waals surface area (Å²) >= 11 is 0. The van der Waals surface area contributed by atoms with Crippen LogP contribution < -0.4 is 10.9 Å². The highest BCUT2D eigenvalue weighted by Gasteiger charge is 2.34. The van der Waals surface area contributed by atoms with Crippen molar-refractivity contribution in [2.24, 2.45) is 4.99 Å². The van der Waals surface area contributed by atoms with Gasteiger partial charge in [0.25, 0.3) is 5.56 Å². The largest absolute Gasteiger partial charge is 0.416 e. The van der Waals surface area contributed by atoms with Crippen molar-refractivity contribution in [3.05, 3.63) is 118 Å². The van der Waals surface area contributed by atoms with Gasteiger partial charge in [-0.3, -0.25) is 19.6 Å². The van der Waals surface area contributed by atoms with Crippen LogP contribution in [0, 0.1) is 6.92 Å². The highest BCUT2D eigenvalue weighted by molar-refractivity contribution is 6.17. The number of alkyl halides is 3. The molecule has 1 aliphatic rings. The monoisotopic (exact) mass is 502 g/mol. The lowest BCUT2D eigenvalue weighted by Gasteiger charge is -2.13. The molecule has 0 bridgehead atoms. The quantitative estimate of drug-likeness (QED) is 0.366. The lowest BCUT2D eigenvalue weighted by Crippen LogP contribution is -2.15. The van der Waals surface area contributed by atoms with Gasteiger partial charge in [0.1, 0.15) is 0 Å². The number of hydrogen-bond acceptors (Lipinski definition) is 5. The second-order valence-corrected chi connectivity index (χ2v) is 8.15. The number of carbonyl (C=O) groups excluding carboxylic acids is 1. The Bertz CT molecular complexity index is 1500. The van der Waals surface area contributed by atoms with Crippen LogP contribution >= 0.6 is 0 Å². The van der Waals surface area contributed by atoms with Gasteiger partial charge in [-0.1, -0.05) is 36.4 Å². The van der Waals surface area contributed by atoms with Gasteiger partial charge in [0.2, 0.25) is 5.91 Å². The van der Waals surface area contributed by atoms with E-state index in [1.807, 2.05) is 36.4 Å². The summed E-state index contributed by atoms with van der Waals surface area (Å²) < 4.78 is 39.6. The van der Waals surface area contributed by atoms with Gasteiger partial charge in [0.15, 0.2) is 0 Å². The number of aliphatic imine (C=N–C) groups is 1. The van der Waals surface area contributed by atoms with E-state index in [0.29, 0.717) is 11.4 Å². The highest BCUT2D eigenvalue weighted by atomic mass is 19.4. The van der Waals surface area contributed by atoms with E-state index in [0.717, 1.165) is 22.8 Å². The number of nitrogens with zero attached hydrogens (tertiary/aromatic N) is 3. The van der Waals surface area contributed by atoms with Gasteiger partial charge >= 0.3 is 6.18 Å². The van der Waals surface area contributed by atoms with Crippen LogP contribution in [0.2, 0.25) is 0 Å². The molecular weight excluding hydrogens is 481 g/mol. The van der Waals surface area contributed by atoms with Crippen LogP contribution in [0.25, 0.3) is 11.1 Å². The number of nitrogens with one attached hydrogen (secondary N) is 1. The Balaban J connectivity index is 0.000000342. The summed E-state index contributed by atoms with van der Waals surface area (Å²) in [6.07, 6.45) is 0.355. The molecule has 0 atom stereocenters. The van der Waals surface area contributed by atoms with E-state index < -0.39 is 17.6 Å². The van der Waals surface area contributed by atoms with Crippen LogP contribution in [0.4, 0.5) is 24.5 Å². The van der Waals surface area contributed by atoms with Crippen molar-refractivity contribution in [2.75, 3.05) is 5.32 Å². The molecule has 6 nitrogen and oxygen atoms in total. The molecule has 0 saturated carbocycles. The Kier molecular flexibility index (Phi) is 7.52. The third kappa shape index (κ3) is 6.52. The first-order valence-electron chi connectivity index (χ1n) is 11.2. The van der Waals surface area contributed by atoms with Crippen molar-refractivity contribution < 1.29 is 18.0 Å².